The highest BCUT2D eigenvalue weighted by Crippen LogP contribution is 2.27. The molecule has 0 saturated carbocycles. The Kier molecular flexibility index (Phi) is 3.55. The fourth-order valence-corrected chi connectivity index (χ4v) is 2.51. The molecule has 18 heavy (non-hydrogen) atoms. The van der Waals surface area contributed by atoms with E-state index in [1.165, 1.54) is 0 Å². The molecule has 1 aliphatic heterocycles. The van der Waals surface area contributed by atoms with Gasteiger partial charge < -0.3 is 21.1 Å². The molecule has 6 heteroatoms. The summed E-state index contributed by atoms with van der Waals surface area (Å²) >= 11 is 0. The Morgan fingerprint density at radius 2 is 2.39 bits per heavy atom. The summed E-state index contributed by atoms with van der Waals surface area (Å²) in [5, 5.41) is 11.3. The first-order valence-electron chi connectivity index (χ1n) is 6.00. The largest absolute Gasteiger partial charge is 0.465 e. The lowest BCUT2D eigenvalue weighted by Gasteiger charge is -2.38. The van der Waals surface area contributed by atoms with Crippen molar-refractivity contribution in [2.75, 3.05) is 23.7 Å². The molecule has 6 nitrogen and oxygen atoms in total. The van der Waals surface area contributed by atoms with Crippen LogP contribution in [0, 0.1) is 5.92 Å². The van der Waals surface area contributed by atoms with E-state index in [0.29, 0.717) is 18.2 Å². The van der Waals surface area contributed by atoms with E-state index < -0.39 is 6.09 Å². The van der Waals surface area contributed by atoms with Crippen molar-refractivity contribution in [3.63, 3.8) is 0 Å². The quantitative estimate of drug-likeness (QED) is 0.732. The Morgan fingerprint density at radius 1 is 1.61 bits per heavy atom. The monoisotopic (exact) mass is 250 g/mol. The Labute approximate surface area is 106 Å². The van der Waals surface area contributed by atoms with Gasteiger partial charge in [0.15, 0.2) is 0 Å². The van der Waals surface area contributed by atoms with E-state index in [-0.39, 0.29) is 6.04 Å². The van der Waals surface area contributed by atoms with Crippen molar-refractivity contribution >= 4 is 17.5 Å². The maximum Gasteiger partial charge on any atom is 0.404 e. The average molecular weight is 250 g/mol. The zero-order valence-electron chi connectivity index (χ0n) is 10.3. The van der Waals surface area contributed by atoms with Crippen molar-refractivity contribution in [2.45, 2.75) is 19.4 Å². The maximum absolute atomic E-state index is 10.7. The van der Waals surface area contributed by atoms with Gasteiger partial charge in [0.1, 0.15) is 0 Å². The summed E-state index contributed by atoms with van der Waals surface area (Å²) in [6, 6.07) is 1.81. The normalized spacial score (nSPS) is 23.7. The van der Waals surface area contributed by atoms with Crippen LogP contribution in [0.3, 0.4) is 0 Å². The Morgan fingerprint density at radius 3 is 3.06 bits per heavy atom. The number of carboxylic acid groups (broad SMARTS) is 1. The second kappa shape index (κ2) is 5.12. The van der Waals surface area contributed by atoms with Gasteiger partial charge in [-0.15, -0.1) is 0 Å². The van der Waals surface area contributed by atoms with Crippen molar-refractivity contribution in [1.82, 2.24) is 10.3 Å². The van der Waals surface area contributed by atoms with Crippen LogP contribution >= 0.6 is 0 Å². The summed E-state index contributed by atoms with van der Waals surface area (Å²) in [7, 11) is 0. The lowest BCUT2D eigenvalue weighted by Crippen LogP contribution is -2.50. The molecule has 98 valence electrons. The topological polar surface area (TPSA) is 91.5 Å². The van der Waals surface area contributed by atoms with Gasteiger partial charge in [-0.1, -0.05) is 6.92 Å². The standard InChI is InChI=1S/C12H18N4O2/c1-8-4-9(15-12(17)18)7-16(6-8)11-2-3-14-5-10(11)13/h2-3,5,8-9,15H,4,6-7,13H2,1H3,(H,17,18). The van der Waals surface area contributed by atoms with E-state index in [0.717, 1.165) is 18.7 Å². The highest BCUT2D eigenvalue weighted by atomic mass is 16.4. The van der Waals surface area contributed by atoms with Gasteiger partial charge in [0, 0.05) is 25.3 Å². The second-order valence-electron chi connectivity index (χ2n) is 4.83. The molecule has 1 fully saturated rings. The molecule has 0 aromatic carbocycles. The highest BCUT2D eigenvalue weighted by Gasteiger charge is 2.26. The lowest BCUT2D eigenvalue weighted by atomic mass is 9.95. The van der Waals surface area contributed by atoms with Crippen LogP contribution in [-0.2, 0) is 0 Å². The minimum Gasteiger partial charge on any atom is -0.465 e. The zero-order chi connectivity index (χ0) is 13.1. The minimum absolute atomic E-state index is 0.0567. The third-order valence-electron chi connectivity index (χ3n) is 3.16. The van der Waals surface area contributed by atoms with E-state index in [1.54, 1.807) is 12.4 Å². The number of piperidine rings is 1. The fraction of sp³-hybridized carbons (Fsp3) is 0.500. The molecule has 2 atom stereocenters. The highest BCUT2D eigenvalue weighted by molar-refractivity contribution is 5.67. The number of amides is 1. The number of pyridine rings is 1. The lowest BCUT2D eigenvalue weighted by molar-refractivity contribution is 0.186. The first-order valence-corrected chi connectivity index (χ1v) is 6.00. The van der Waals surface area contributed by atoms with Crippen molar-refractivity contribution in [3.8, 4) is 0 Å². The van der Waals surface area contributed by atoms with Crippen molar-refractivity contribution < 1.29 is 9.90 Å². The molecule has 0 bridgehead atoms. The van der Waals surface area contributed by atoms with E-state index in [9.17, 15) is 4.79 Å². The number of anilines is 2. The van der Waals surface area contributed by atoms with Gasteiger partial charge in [-0.3, -0.25) is 4.98 Å². The van der Waals surface area contributed by atoms with E-state index in [2.05, 4.69) is 22.1 Å². The molecular formula is C12H18N4O2. The molecule has 0 aliphatic carbocycles. The number of nitrogens with two attached hydrogens (primary N) is 1. The number of hydrogen-bond donors (Lipinski definition) is 3. The van der Waals surface area contributed by atoms with Crippen LogP contribution in [0.25, 0.3) is 0 Å². The van der Waals surface area contributed by atoms with Gasteiger partial charge in [0.2, 0.25) is 0 Å². The molecule has 2 rings (SSSR count). The SMILES string of the molecule is CC1CC(NC(=O)O)CN(c2ccncc2N)C1. The van der Waals surface area contributed by atoms with Crippen LogP contribution < -0.4 is 16.0 Å². The molecule has 2 heterocycles. The van der Waals surface area contributed by atoms with Gasteiger partial charge in [0.05, 0.1) is 17.6 Å². The predicted octanol–water partition coefficient (Wildman–Crippen LogP) is 1.15. The van der Waals surface area contributed by atoms with Crippen molar-refractivity contribution in [3.05, 3.63) is 18.5 Å². The molecule has 1 aromatic rings. The molecule has 1 aliphatic rings. The fourth-order valence-electron chi connectivity index (χ4n) is 2.51. The number of nitrogens with one attached hydrogen (secondary N) is 1. The van der Waals surface area contributed by atoms with Gasteiger partial charge in [0.25, 0.3) is 0 Å². The first kappa shape index (κ1) is 12.5. The summed E-state index contributed by atoms with van der Waals surface area (Å²) in [5.74, 6) is 0.420. The van der Waals surface area contributed by atoms with Gasteiger partial charge in [-0.25, -0.2) is 4.79 Å². The summed E-state index contributed by atoms with van der Waals surface area (Å²) in [4.78, 5) is 16.8. The van der Waals surface area contributed by atoms with E-state index in [4.69, 9.17) is 10.8 Å². The zero-order valence-corrected chi connectivity index (χ0v) is 10.3. The molecule has 0 radical (unpaired) electrons. The van der Waals surface area contributed by atoms with E-state index in [1.807, 2.05) is 6.07 Å². The van der Waals surface area contributed by atoms with Crippen LogP contribution in [0.5, 0.6) is 0 Å². The van der Waals surface area contributed by atoms with Gasteiger partial charge in [-0.2, -0.15) is 0 Å². The van der Waals surface area contributed by atoms with Crippen LogP contribution in [0.15, 0.2) is 18.5 Å². The summed E-state index contributed by atoms with van der Waals surface area (Å²) < 4.78 is 0. The molecular weight excluding hydrogens is 232 g/mol. The summed E-state index contributed by atoms with van der Waals surface area (Å²) in [5.41, 5.74) is 7.45. The molecule has 1 aromatic heterocycles. The number of rotatable bonds is 2. The number of carbonyl (C=O) groups is 1. The Bertz CT molecular complexity index is 438. The third-order valence-corrected chi connectivity index (χ3v) is 3.16. The van der Waals surface area contributed by atoms with Crippen LogP contribution in [0.4, 0.5) is 16.2 Å². The molecule has 0 spiro atoms. The predicted molar refractivity (Wildman–Crippen MR) is 69.6 cm³/mol. The second-order valence-corrected chi connectivity index (χ2v) is 4.83. The first-order chi connectivity index (χ1) is 8.56. The number of hydrogen-bond acceptors (Lipinski definition) is 4. The van der Waals surface area contributed by atoms with Gasteiger partial charge >= 0.3 is 6.09 Å². The van der Waals surface area contributed by atoms with Gasteiger partial charge in [-0.05, 0) is 18.4 Å². The molecule has 1 saturated heterocycles. The smallest absolute Gasteiger partial charge is 0.404 e. The average Bonchev–Trinajstić information content (AvgIpc) is 2.27. The molecule has 2 unspecified atom stereocenters. The minimum atomic E-state index is -0.975. The molecule has 4 N–H and O–H groups in total. The van der Waals surface area contributed by atoms with Crippen LogP contribution in [0.1, 0.15) is 13.3 Å². The van der Waals surface area contributed by atoms with Crippen molar-refractivity contribution in [1.29, 1.82) is 0 Å². The summed E-state index contributed by atoms with van der Waals surface area (Å²) in [6.07, 6.45) is 3.20. The molecule has 1 amide bonds. The van der Waals surface area contributed by atoms with E-state index >= 15 is 0 Å². The van der Waals surface area contributed by atoms with Crippen molar-refractivity contribution in [2.24, 2.45) is 5.92 Å². The third kappa shape index (κ3) is 2.82. The number of aromatic nitrogens is 1. The number of nitrogens with zero attached hydrogens (tertiary/aromatic N) is 2. The van der Waals surface area contributed by atoms with Crippen LogP contribution in [-0.4, -0.2) is 35.3 Å². The summed E-state index contributed by atoms with van der Waals surface area (Å²) in [6.45, 7) is 3.64. The maximum atomic E-state index is 10.7. The Balaban J connectivity index is 2.13. The van der Waals surface area contributed by atoms with Crippen LogP contribution in [0.2, 0.25) is 0 Å². The Hall–Kier alpha value is -1.98. The number of nitrogen functional groups attached to an aromatic ring is 1.